The predicted octanol–water partition coefficient (Wildman–Crippen LogP) is 2.01. The lowest BCUT2D eigenvalue weighted by Crippen LogP contribution is -2.52. The van der Waals surface area contributed by atoms with Crippen LogP contribution < -0.4 is 5.32 Å². The van der Waals surface area contributed by atoms with Gasteiger partial charge in [0.25, 0.3) is 0 Å². The zero-order valence-electron chi connectivity index (χ0n) is 10.5. The van der Waals surface area contributed by atoms with Crippen LogP contribution in [-0.2, 0) is 9.53 Å². The summed E-state index contributed by atoms with van der Waals surface area (Å²) < 4.78 is 5.10. The van der Waals surface area contributed by atoms with Gasteiger partial charge in [0, 0.05) is 11.5 Å². The molecular formula is C11H20N4O2. The van der Waals surface area contributed by atoms with Gasteiger partial charge in [-0.15, -0.1) is 0 Å². The molecule has 0 radical (unpaired) electrons. The molecule has 0 heterocycles. The number of ether oxygens (including phenoxy) is 1. The fourth-order valence-corrected chi connectivity index (χ4v) is 1.87. The molecule has 0 aromatic carbocycles. The van der Waals surface area contributed by atoms with Gasteiger partial charge >= 0.3 is 5.97 Å². The second-order valence-corrected chi connectivity index (χ2v) is 4.43. The van der Waals surface area contributed by atoms with Crippen molar-refractivity contribution in [1.82, 2.24) is 5.32 Å². The fraction of sp³-hybridized carbons (Fsp3) is 0.909. The van der Waals surface area contributed by atoms with Crippen LogP contribution >= 0.6 is 0 Å². The summed E-state index contributed by atoms with van der Waals surface area (Å²) in [6.07, 6.45) is 2.86. The first-order chi connectivity index (χ1) is 8.15. The molecule has 0 aromatic heterocycles. The number of hydrogen-bond donors (Lipinski definition) is 1. The summed E-state index contributed by atoms with van der Waals surface area (Å²) in [7, 11) is 0. The minimum absolute atomic E-state index is 0.175. The lowest BCUT2D eigenvalue weighted by Gasteiger charge is -2.28. The summed E-state index contributed by atoms with van der Waals surface area (Å²) in [5.41, 5.74) is 7.57. The van der Waals surface area contributed by atoms with Crippen molar-refractivity contribution in [3.05, 3.63) is 10.4 Å². The smallest absolute Gasteiger partial charge is 0.326 e. The molecule has 96 valence electrons. The molecule has 1 unspecified atom stereocenters. The van der Waals surface area contributed by atoms with Gasteiger partial charge in [-0.2, -0.15) is 0 Å². The number of azide groups is 1. The van der Waals surface area contributed by atoms with Gasteiger partial charge in [0.15, 0.2) is 0 Å². The van der Waals surface area contributed by atoms with Crippen molar-refractivity contribution in [2.24, 2.45) is 11.0 Å². The maximum atomic E-state index is 11.9. The van der Waals surface area contributed by atoms with Crippen molar-refractivity contribution >= 4 is 5.97 Å². The van der Waals surface area contributed by atoms with E-state index >= 15 is 0 Å². The van der Waals surface area contributed by atoms with Gasteiger partial charge in [-0.1, -0.05) is 5.11 Å². The van der Waals surface area contributed by atoms with Gasteiger partial charge < -0.3 is 10.1 Å². The van der Waals surface area contributed by atoms with Gasteiger partial charge in [-0.3, -0.25) is 4.79 Å². The summed E-state index contributed by atoms with van der Waals surface area (Å²) in [4.78, 5) is 14.6. The number of esters is 1. The molecule has 0 amide bonds. The molecule has 0 saturated heterocycles. The quantitative estimate of drug-likeness (QED) is 0.231. The van der Waals surface area contributed by atoms with E-state index in [0.717, 1.165) is 19.3 Å². The first-order valence-corrected chi connectivity index (χ1v) is 6.08. The summed E-state index contributed by atoms with van der Waals surface area (Å²) in [5.74, 6) is 0.201. The Labute approximate surface area is 101 Å². The zero-order chi connectivity index (χ0) is 12.7. The average Bonchev–Trinajstić information content (AvgIpc) is 3.13. The number of carbonyl (C=O) groups excluding carboxylic acids is 1. The monoisotopic (exact) mass is 240 g/mol. The first kappa shape index (κ1) is 13.8. The van der Waals surface area contributed by atoms with Gasteiger partial charge in [-0.25, -0.2) is 0 Å². The summed E-state index contributed by atoms with van der Waals surface area (Å²) in [6, 6.07) is 0. The van der Waals surface area contributed by atoms with Crippen molar-refractivity contribution in [3.63, 3.8) is 0 Å². The number of nitrogens with one attached hydrogen (secondary N) is 1. The molecule has 0 aliphatic heterocycles. The van der Waals surface area contributed by atoms with Crippen LogP contribution in [0.2, 0.25) is 0 Å². The van der Waals surface area contributed by atoms with Crippen LogP contribution in [0.15, 0.2) is 5.11 Å². The Morgan fingerprint density at radius 3 is 2.88 bits per heavy atom. The molecule has 0 bridgehead atoms. The maximum Gasteiger partial charge on any atom is 0.326 e. The number of nitrogens with zero attached hydrogens (tertiary/aromatic N) is 3. The Morgan fingerprint density at radius 1 is 1.65 bits per heavy atom. The molecule has 1 N–H and O–H groups in total. The molecule has 17 heavy (non-hydrogen) atoms. The Kier molecular flexibility index (Phi) is 5.25. The molecule has 6 heteroatoms. The highest BCUT2D eigenvalue weighted by atomic mass is 16.5. The van der Waals surface area contributed by atoms with Crippen LogP contribution in [-0.4, -0.2) is 31.2 Å². The van der Waals surface area contributed by atoms with E-state index in [2.05, 4.69) is 15.3 Å². The van der Waals surface area contributed by atoms with E-state index in [0.29, 0.717) is 25.6 Å². The first-order valence-electron chi connectivity index (χ1n) is 6.08. The van der Waals surface area contributed by atoms with Crippen molar-refractivity contribution in [1.29, 1.82) is 0 Å². The average molecular weight is 240 g/mol. The normalized spacial score (nSPS) is 18.0. The molecule has 1 aliphatic carbocycles. The van der Waals surface area contributed by atoms with Crippen LogP contribution in [0.25, 0.3) is 10.4 Å². The van der Waals surface area contributed by atoms with E-state index in [4.69, 9.17) is 10.3 Å². The number of carbonyl (C=O) groups is 1. The molecule has 1 fully saturated rings. The molecular weight excluding hydrogens is 220 g/mol. The van der Waals surface area contributed by atoms with E-state index < -0.39 is 5.54 Å². The van der Waals surface area contributed by atoms with Gasteiger partial charge in [-0.05, 0) is 51.1 Å². The summed E-state index contributed by atoms with van der Waals surface area (Å²) in [5, 5.41) is 6.70. The SMILES string of the molecule is CCOC(=O)C(C)(NCCCN=[N+]=[N-])C1CC1. The summed E-state index contributed by atoms with van der Waals surface area (Å²) in [6.45, 7) is 5.22. The molecule has 0 aromatic rings. The standard InChI is InChI=1S/C11H20N4O2/c1-3-17-10(16)11(2,9-5-6-9)13-7-4-8-14-15-12/h9,13H,3-8H2,1-2H3. The van der Waals surface area contributed by atoms with Crippen molar-refractivity contribution in [3.8, 4) is 0 Å². The minimum atomic E-state index is -0.577. The lowest BCUT2D eigenvalue weighted by atomic mass is 9.95. The third kappa shape index (κ3) is 3.91. The van der Waals surface area contributed by atoms with Crippen molar-refractivity contribution in [2.75, 3.05) is 19.7 Å². The Balaban J connectivity index is 2.41. The molecule has 0 spiro atoms. The van der Waals surface area contributed by atoms with Gasteiger partial charge in [0.05, 0.1) is 6.61 Å². The predicted molar refractivity (Wildman–Crippen MR) is 64.4 cm³/mol. The van der Waals surface area contributed by atoms with E-state index in [1.807, 2.05) is 13.8 Å². The van der Waals surface area contributed by atoms with Gasteiger partial charge in [0.1, 0.15) is 5.54 Å². The van der Waals surface area contributed by atoms with Crippen LogP contribution in [0.5, 0.6) is 0 Å². The highest BCUT2D eigenvalue weighted by Crippen LogP contribution is 2.40. The van der Waals surface area contributed by atoms with Gasteiger partial charge in [0.2, 0.25) is 0 Å². The number of hydrogen-bond acceptors (Lipinski definition) is 4. The zero-order valence-corrected chi connectivity index (χ0v) is 10.5. The van der Waals surface area contributed by atoms with Crippen molar-refractivity contribution < 1.29 is 9.53 Å². The third-order valence-electron chi connectivity index (χ3n) is 3.08. The van der Waals surface area contributed by atoms with E-state index in [9.17, 15) is 4.79 Å². The second-order valence-electron chi connectivity index (χ2n) is 4.43. The van der Waals surface area contributed by atoms with E-state index in [1.165, 1.54) is 0 Å². The van der Waals surface area contributed by atoms with Crippen LogP contribution in [0.3, 0.4) is 0 Å². The molecule has 1 rings (SSSR count). The fourth-order valence-electron chi connectivity index (χ4n) is 1.87. The van der Waals surface area contributed by atoms with Crippen molar-refractivity contribution in [2.45, 2.75) is 38.6 Å². The topological polar surface area (TPSA) is 87.1 Å². The largest absolute Gasteiger partial charge is 0.465 e. The minimum Gasteiger partial charge on any atom is -0.465 e. The molecule has 1 atom stereocenters. The highest BCUT2D eigenvalue weighted by Gasteiger charge is 2.47. The van der Waals surface area contributed by atoms with E-state index in [1.54, 1.807) is 0 Å². The molecule has 1 aliphatic rings. The summed E-state index contributed by atoms with van der Waals surface area (Å²) >= 11 is 0. The second kappa shape index (κ2) is 6.47. The lowest BCUT2D eigenvalue weighted by molar-refractivity contribution is -0.151. The van der Waals surface area contributed by atoms with Crippen LogP contribution in [0, 0.1) is 5.92 Å². The molecule has 1 saturated carbocycles. The van der Waals surface area contributed by atoms with E-state index in [-0.39, 0.29) is 5.97 Å². The third-order valence-corrected chi connectivity index (χ3v) is 3.08. The number of rotatable bonds is 8. The Morgan fingerprint density at radius 2 is 2.35 bits per heavy atom. The van der Waals surface area contributed by atoms with Crippen LogP contribution in [0.4, 0.5) is 0 Å². The Bertz CT molecular complexity index is 311. The maximum absolute atomic E-state index is 11.9. The van der Waals surface area contributed by atoms with Crippen LogP contribution in [0.1, 0.15) is 33.1 Å². The Hall–Kier alpha value is -1.26. The highest BCUT2D eigenvalue weighted by molar-refractivity contribution is 5.81. The molecule has 6 nitrogen and oxygen atoms in total.